The third-order valence-electron chi connectivity index (χ3n) is 6.19. The van der Waals surface area contributed by atoms with Crippen LogP contribution < -0.4 is 11.1 Å². The Balaban J connectivity index is 1.43. The highest BCUT2D eigenvalue weighted by Gasteiger charge is 2.20. The third-order valence-corrected chi connectivity index (χ3v) is 6.19. The molecule has 0 amide bonds. The highest BCUT2D eigenvalue weighted by atomic mass is 15.1. The molecule has 5 N–H and O–H groups in total. The van der Waals surface area contributed by atoms with Crippen molar-refractivity contribution >= 4 is 22.3 Å². The minimum absolute atomic E-state index is 0.315. The summed E-state index contributed by atoms with van der Waals surface area (Å²) in [6.45, 7) is 6.18. The number of aryl methyl sites for hydroxylation is 1. The first-order valence-electron chi connectivity index (χ1n) is 11.9. The van der Waals surface area contributed by atoms with Gasteiger partial charge in [0.25, 0.3) is 0 Å². The van der Waals surface area contributed by atoms with E-state index in [2.05, 4.69) is 67.5 Å². The van der Waals surface area contributed by atoms with Crippen molar-refractivity contribution in [3.63, 3.8) is 0 Å². The number of hydrogen-bond donors (Lipinski definition) is 4. The van der Waals surface area contributed by atoms with Crippen LogP contribution in [0.5, 0.6) is 0 Å². The zero-order valence-electron chi connectivity index (χ0n) is 20.4. The van der Waals surface area contributed by atoms with Gasteiger partial charge in [-0.25, -0.2) is 4.98 Å². The van der Waals surface area contributed by atoms with E-state index in [1.807, 2.05) is 54.8 Å². The first-order valence-corrected chi connectivity index (χ1v) is 11.9. The molecular weight excluding hydrogens is 450 g/mol. The van der Waals surface area contributed by atoms with E-state index in [9.17, 15) is 0 Å². The van der Waals surface area contributed by atoms with E-state index >= 15 is 0 Å². The second kappa shape index (κ2) is 8.53. The minimum Gasteiger partial charge on any atom is -0.402 e. The molecule has 1 aliphatic carbocycles. The van der Waals surface area contributed by atoms with E-state index in [1.165, 1.54) is 0 Å². The summed E-state index contributed by atoms with van der Waals surface area (Å²) in [5.74, 6) is 0. The Bertz CT molecular complexity index is 1640. The van der Waals surface area contributed by atoms with Gasteiger partial charge < -0.3 is 20.6 Å². The van der Waals surface area contributed by atoms with Crippen LogP contribution in [0.1, 0.15) is 30.8 Å². The van der Waals surface area contributed by atoms with Crippen LogP contribution in [0, 0.1) is 6.92 Å². The predicted molar refractivity (Wildman–Crippen MR) is 142 cm³/mol. The molecule has 0 aliphatic heterocycles. The molecule has 1 aliphatic rings. The number of H-pyrrole nitrogens is 2. The Labute approximate surface area is 208 Å². The number of fused-ring (bicyclic) bond motifs is 2. The predicted octanol–water partition coefficient (Wildman–Crippen LogP) is 4.63. The van der Waals surface area contributed by atoms with Gasteiger partial charge in [-0.3, -0.25) is 15.1 Å². The zero-order chi connectivity index (χ0) is 24.8. The number of nitrogens with zero attached hydrogens (tertiary/aromatic N) is 5. The van der Waals surface area contributed by atoms with Gasteiger partial charge in [-0.1, -0.05) is 0 Å². The van der Waals surface area contributed by atoms with Crippen molar-refractivity contribution < 1.29 is 0 Å². The van der Waals surface area contributed by atoms with Gasteiger partial charge in [0.1, 0.15) is 5.69 Å². The fraction of sp³-hybridized carbons (Fsp3) is 0.185. The molecule has 0 spiro atoms. The number of nitrogens with one attached hydrogen (secondary N) is 3. The van der Waals surface area contributed by atoms with Crippen LogP contribution >= 0.6 is 0 Å². The van der Waals surface area contributed by atoms with Crippen molar-refractivity contribution in [2.24, 2.45) is 5.73 Å². The van der Waals surface area contributed by atoms with Gasteiger partial charge in [-0.05, 0) is 51.1 Å². The fourth-order valence-corrected chi connectivity index (χ4v) is 4.58. The summed E-state index contributed by atoms with van der Waals surface area (Å²) in [5.41, 5.74) is 16.5. The normalized spacial score (nSPS) is 13.4. The molecular formula is C27H27N9. The van der Waals surface area contributed by atoms with Crippen LogP contribution in [0.15, 0.2) is 67.2 Å². The summed E-state index contributed by atoms with van der Waals surface area (Å²) in [7, 11) is 0. The van der Waals surface area contributed by atoms with Gasteiger partial charge in [0.2, 0.25) is 0 Å². The maximum absolute atomic E-state index is 6.27. The molecule has 0 aromatic carbocycles. The molecule has 0 bridgehead atoms. The van der Waals surface area contributed by atoms with Crippen molar-refractivity contribution in [3.8, 4) is 22.6 Å². The van der Waals surface area contributed by atoms with Gasteiger partial charge in [0, 0.05) is 59.0 Å². The smallest absolute Gasteiger partial charge is 0.116 e. The molecule has 0 fully saturated rings. The maximum atomic E-state index is 6.27. The average Bonchev–Trinajstić information content (AvgIpc) is 3.55. The molecule has 0 saturated carbocycles. The van der Waals surface area contributed by atoms with Crippen LogP contribution in [0.4, 0.5) is 5.69 Å². The van der Waals surface area contributed by atoms with Gasteiger partial charge in [0.05, 0.1) is 46.5 Å². The lowest BCUT2D eigenvalue weighted by atomic mass is 10.1. The standard InChI is InChI=1S/C27H27N9/c1-15(2)32-19-6-17(10-29-11-19)22-9-21-25(12-30-22)34-35-27(21)24-8-20-23(33-24)7-18(28)4-5-26(20)36-13-16(3)31-14-36/h4-6,8-15,32-33H,7,28H2,1-3H3,(H,34,35). The first-order chi connectivity index (χ1) is 17.4. The summed E-state index contributed by atoms with van der Waals surface area (Å²) in [4.78, 5) is 17.0. The number of nitrogens with two attached hydrogens (primary N) is 1. The lowest BCUT2D eigenvalue weighted by Crippen LogP contribution is -2.09. The van der Waals surface area contributed by atoms with Crippen molar-refractivity contribution in [1.29, 1.82) is 0 Å². The van der Waals surface area contributed by atoms with Crippen molar-refractivity contribution in [2.45, 2.75) is 33.2 Å². The van der Waals surface area contributed by atoms with E-state index in [0.717, 1.165) is 67.6 Å². The highest BCUT2D eigenvalue weighted by Crippen LogP contribution is 2.34. The molecule has 0 atom stereocenters. The number of anilines is 1. The Morgan fingerprint density at radius 1 is 1.08 bits per heavy atom. The molecule has 5 aromatic rings. The van der Waals surface area contributed by atoms with E-state index in [-0.39, 0.29) is 0 Å². The quantitative estimate of drug-likeness (QED) is 0.292. The number of hydrogen-bond acceptors (Lipinski definition) is 6. The van der Waals surface area contributed by atoms with Crippen LogP contribution in [0.3, 0.4) is 0 Å². The van der Waals surface area contributed by atoms with Gasteiger partial charge in [-0.15, -0.1) is 0 Å². The summed E-state index contributed by atoms with van der Waals surface area (Å²) in [5, 5.41) is 12.1. The second-order valence-electron chi connectivity index (χ2n) is 9.42. The lowest BCUT2D eigenvalue weighted by Gasteiger charge is -2.10. The molecule has 9 nitrogen and oxygen atoms in total. The molecule has 0 unspecified atom stereocenters. The number of allylic oxidation sites excluding steroid dienone is 3. The highest BCUT2D eigenvalue weighted by molar-refractivity contribution is 5.94. The lowest BCUT2D eigenvalue weighted by molar-refractivity contribution is 0.898. The number of pyridine rings is 2. The second-order valence-corrected chi connectivity index (χ2v) is 9.42. The Hall–Kier alpha value is -4.66. The third kappa shape index (κ3) is 3.94. The largest absolute Gasteiger partial charge is 0.402 e. The van der Waals surface area contributed by atoms with Gasteiger partial charge >= 0.3 is 0 Å². The Kier molecular flexibility index (Phi) is 5.18. The topological polar surface area (TPSA) is 126 Å². The fourth-order valence-electron chi connectivity index (χ4n) is 4.58. The Morgan fingerprint density at radius 3 is 2.78 bits per heavy atom. The first kappa shape index (κ1) is 21.8. The molecule has 0 radical (unpaired) electrons. The molecule has 6 rings (SSSR count). The van der Waals surface area contributed by atoms with Gasteiger partial charge in [0.15, 0.2) is 0 Å². The summed E-state index contributed by atoms with van der Waals surface area (Å²) < 4.78 is 2.02. The van der Waals surface area contributed by atoms with E-state index in [4.69, 9.17) is 5.73 Å². The summed E-state index contributed by atoms with van der Waals surface area (Å²) in [6, 6.07) is 6.57. The monoisotopic (exact) mass is 477 g/mol. The molecule has 36 heavy (non-hydrogen) atoms. The van der Waals surface area contributed by atoms with E-state index in [0.29, 0.717) is 12.5 Å². The molecule has 9 heteroatoms. The Morgan fingerprint density at radius 2 is 1.97 bits per heavy atom. The van der Waals surface area contributed by atoms with Crippen molar-refractivity contribution in [1.82, 2.24) is 34.7 Å². The van der Waals surface area contributed by atoms with E-state index in [1.54, 1.807) is 0 Å². The van der Waals surface area contributed by atoms with Crippen LogP contribution in [-0.4, -0.2) is 40.7 Å². The van der Waals surface area contributed by atoms with Crippen LogP contribution in [0.25, 0.3) is 39.2 Å². The number of aromatic amines is 2. The molecule has 180 valence electrons. The van der Waals surface area contributed by atoms with Crippen molar-refractivity contribution in [3.05, 3.63) is 84.1 Å². The van der Waals surface area contributed by atoms with Crippen LogP contribution in [-0.2, 0) is 6.42 Å². The molecule has 0 saturated heterocycles. The number of aromatic nitrogens is 7. The van der Waals surface area contributed by atoms with Gasteiger partial charge in [-0.2, -0.15) is 5.10 Å². The zero-order valence-corrected chi connectivity index (χ0v) is 20.4. The summed E-state index contributed by atoms with van der Waals surface area (Å²) in [6.07, 6.45) is 13.9. The molecule has 5 heterocycles. The minimum atomic E-state index is 0.315. The SMILES string of the molecule is Cc1cn(C2=CC=C(N)Cc3[nH]c(-c4n[nH]c5cnc(-c6cncc(NC(C)C)c6)cc45)cc32)cn1. The van der Waals surface area contributed by atoms with Crippen LogP contribution in [0.2, 0.25) is 0 Å². The van der Waals surface area contributed by atoms with Crippen molar-refractivity contribution in [2.75, 3.05) is 5.32 Å². The number of imidazole rings is 1. The molecule has 5 aromatic heterocycles. The maximum Gasteiger partial charge on any atom is 0.116 e. The van der Waals surface area contributed by atoms with E-state index < -0.39 is 0 Å². The number of rotatable bonds is 5. The summed E-state index contributed by atoms with van der Waals surface area (Å²) >= 11 is 0. The average molecular weight is 478 g/mol.